The lowest BCUT2D eigenvalue weighted by molar-refractivity contribution is -0.137. The van der Waals surface area contributed by atoms with E-state index in [0.29, 0.717) is 12.8 Å². The van der Waals surface area contributed by atoms with Gasteiger partial charge in [0.05, 0.1) is 5.56 Å². The fourth-order valence-electron chi connectivity index (χ4n) is 3.96. The summed E-state index contributed by atoms with van der Waals surface area (Å²) in [6.07, 6.45) is -1.67. The van der Waals surface area contributed by atoms with Gasteiger partial charge in [-0.1, -0.05) is 6.07 Å². The maximum atomic E-state index is 12.8. The van der Waals surface area contributed by atoms with Crippen molar-refractivity contribution < 1.29 is 18.0 Å². The van der Waals surface area contributed by atoms with Crippen molar-refractivity contribution in [3.63, 3.8) is 0 Å². The standard InChI is InChI=1S/C20H25F3N4O/c1-18(2)9-15(25)10-19(3,4)27(18)12-13(11-24)17(28)26-16-7-5-6-14(8-16)20(21,22)23/h5-8,12,15H,9-10,25H2,1-4H3,(H,26,28)/b13-12-. The molecule has 152 valence electrons. The molecule has 0 aromatic heterocycles. The molecule has 1 aromatic rings. The van der Waals surface area contributed by atoms with Gasteiger partial charge < -0.3 is 16.0 Å². The van der Waals surface area contributed by atoms with Crippen molar-refractivity contribution in [2.45, 2.75) is 63.8 Å². The SMILES string of the molecule is CC1(C)CC(N)CC(C)(C)N1/C=C(/C#N)C(=O)Nc1cccc(C(F)(F)F)c1. The van der Waals surface area contributed by atoms with Crippen molar-refractivity contribution in [2.24, 2.45) is 5.73 Å². The first-order valence-electron chi connectivity index (χ1n) is 8.92. The third-order valence-corrected chi connectivity index (χ3v) is 4.90. The summed E-state index contributed by atoms with van der Waals surface area (Å²) in [6, 6.07) is 6.15. The van der Waals surface area contributed by atoms with E-state index in [-0.39, 0.29) is 28.4 Å². The van der Waals surface area contributed by atoms with Crippen LogP contribution in [-0.2, 0) is 11.0 Å². The number of benzene rings is 1. The molecule has 0 aliphatic carbocycles. The Morgan fingerprint density at radius 2 is 1.86 bits per heavy atom. The van der Waals surface area contributed by atoms with Crippen LogP contribution in [0.5, 0.6) is 0 Å². The van der Waals surface area contributed by atoms with Gasteiger partial charge in [0, 0.05) is 29.0 Å². The molecule has 1 aliphatic heterocycles. The van der Waals surface area contributed by atoms with Crippen LogP contribution in [0.15, 0.2) is 36.0 Å². The van der Waals surface area contributed by atoms with Gasteiger partial charge in [-0.3, -0.25) is 4.79 Å². The van der Waals surface area contributed by atoms with Gasteiger partial charge in [-0.05, 0) is 58.7 Å². The first kappa shape index (κ1) is 21.8. The van der Waals surface area contributed by atoms with E-state index < -0.39 is 17.6 Å². The zero-order valence-electron chi connectivity index (χ0n) is 16.4. The number of alkyl halides is 3. The zero-order chi connectivity index (χ0) is 21.3. The second-order valence-corrected chi connectivity index (χ2v) is 8.35. The Balaban J connectivity index is 2.30. The molecular formula is C20H25F3N4O. The number of carbonyl (C=O) groups excluding carboxylic acids is 1. The molecule has 0 unspecified atom stereocenters. The maximum Gasteiger partial charge on any atom is 0.416 e. The van der Waals surface area contributed by atoms with E-state index in [1.807, 2.05) is 38.7 Å². The molecule has 5 nitrogen and oxygen atoms in total. The number of nitrogens with one attached hydrogen (secondary N) is 1. The monoisotopic (exact) mass is 394 g/mol. The first-order valence-corrected chi connectivity index (χ1v) is 8.92. The number of anilines is 1. The van der Waals surface area contributed by atoms with Gasteiger partial charge in [-0.25, -0.2) is 0 Å². The molecule has 0 bridgehead atoms. The van der Waals surface area contributed by atoms with Crippen LogP contribution in [-0.4, -0.2) is 27.9 Å². The number of amides is 1. The average molecular weight is 394 g/mol. The van der Waals surface area contributed by atoms with Crippen LogP contribution in [0.25, 0.3) is 0 Å². The van der Waals surface area contributed by atoms with Crippen LogP contribution in [0.4, 0.5) is 18.9 Å². The highest BCUT2D eigenvalue weighted by molar-refractivity contribution is 6.06. The molecule has 3 N–H and O–H groups in total. The van der Waals surface area contributed by atoms with Gasteiger partial charge in [0.2, 0.25) is 0 Å². The second kappa shape index (κ2) is 7.47. The summed E-state index contributed by atoms with van der Waals surface area (Å²) >= 11 is 0. The molecule has 1 aliphatic rings. The predicted octanol–water partition coefficient (Wildman–Crippen LogP) is 4.03. The molecule has 1 aromatic carbocycles. The summed E-state index contributed by atoms with van der Waals surface area (Å²) in [5.41, 5.74) is 4.27. The third kappa shape index (κ3) is 4.84. The summed E-state index contributed by atoms with van der Waals surface area (Å²) in [6.45, 7) is 7.90. The quantitative estimate of drug-likeness (QED) is 0.599. The van der Waals surface area contributed by atoms with E-state index in [9.17, 15) is 23.2 Å². The molecule has 0 spiro atoms. The van der Waals surface area contributed by atoms with Gasteiger partial charge in [-0.2, -0.15) is 18.4 Å². The Morgan fingerprint density at radius 3 is 2.36 bits per heavy atom. The van der Waals surface area contributed by atoms with Gasteiger partial charge in [0.15, 0.2) is 0 Å². The zero-order valence-corrected chi connectivity index (χ0v) is 16.4. The summed E-state index contributed by atoms with van der Waals surface area (Å²) < 4.78 is 38.5. The van der Waals surface area contributed by atoms with E-state index >= 15 is 0 Å². The molecule has 0 radical (unpaired) electrons. The molecule has 8 heteroatoms. The number of likely N-dealkylation sites (tertiary alicyclic amines) is 1. The number of nitrogens with zero attached hydrogens (tertiary/aromatic N) is 2. The van der Waals surface area contributed by atoms with Crippen LogP contribution in [0, 0.1) is 11.3 Å². The van der Waals surface area contributed by atoms with Gasteiger partial charge in [0.1, 0.15) is 11.6 Å². The highest BCUT2D eigenvalue weighted by Gasteiger charge is 2.43. The fraction of sp³-hybridized carbons (Fsp3) is 0.500. The number of piperidine rings is 1. The van der Waals surface area contributed by atoms with Gasteiger partial charge >= 0.3 is 6.18 Å². The van der Waals surface area contributed by atoms with Crippen molar-refractivity contribution in [1.29, 1.82) is 5.26 Å². The minimum absolute atomic E-state index is 0.000814. The van der Waals surface area contributed by atoms with Gasteiger partial charge in [-0.15, -0.1) is 0 Å². The molecule has 0 atom stereocenters. The number of hydrogen-bond donors (Lipinski definition) is 2. The van der Waals surface area contributed by atoms with E-state index in [0.717, 1.165) is 12.1 Å². The predicted molar refractivity (Wildman–Crippen MR) is 101 cm³/mol. The van der Waals surface area contributed by atoms with Crippen molar-refractivity contribution >= 4 is 11.6 Å². The Morgan fingerprint density at radius 1 is 1.29 bits per heavy atom. The number of nitriles is 1. The van der Waals surface area contributed by atoms with Crippen molar-refractivity contribution in [2.75, 3.05) is 5.32 Å². The summed E-state index contributed by atoms with van der Waals surface area (Å²) in [4.78, 5) is 14.5. The summed E-state index contributed by atoms with van der Waals surface area (Å²) in [7, 11) is 0. The highest BCUT2D eigenvalue weighted by atomic mass is 19.4. The minimum atomic E-state index is -4.52. The lowest BCUT2D eigenvalue weighted by atomic mass is 9.77. The number of nitrogens with two attached hydrogens (primary N) is 1. The lowest BCUT2D eigenvalue weighted by Crippen LogP contribution is -2.61. The maximum absolute atomic E-state index is 12.8. The fourth-order valence-corrected chi connectivity index (χ4v) is 3.96. The Hall–Kier alpha value is -2.53. The van der Waals surface area contributed by atoms with Crippen molar-refractivity contribution in [3.8, 4) is 6.07 Å². The molecule has 0 saturated carbocycles. The minimum Gasteiger partial charge on any atom is -0.366 e. The average Bonchev–Trinajstić information content (AvgIpc) is 2.52. The molecule has 1 fully saturated rings. The van der Waals surface area contributed by atoms with E-state index in [1.54, 1.807) is 0 Å². The third-order valence-electron chi connectivity index (χ3n) is 4.90. The van der Waals surface area contributed by atoms with E-state index in [4.69, 9.17) is 5.73 Å². The Kier molecular flexibility index (Phi) is 5.81. The smallest absolute Gasteiger partial charge is 0.366 e. The van der Waals surface area contributed by atoms with Crippen LogP contribution in [0.3, 0.4) is 0 Å². The Bertz CT molecular complexity index is 803. The molecule has 1 saturated heterocycles. The van der Waals surface area contributed by atoms with Gasteiger partial charge in [0.25, 0.3) is 5.91 Å². The number of carbonyl (C=O) groups is 1. The highest BCUT2D eigenvalue weighted by Crippen LogP contribution is 2.38. The molecule has 28 heavy (non-hydrogen) atoms. The molecular weight excluding hydrogens is 369 g/mol. The number of halogens is 3. The van der Waals surface area contributed by atoms with E-state index in [1.165, 1.54) is 18.3 Å². The van der Waals surface area contributed by atoms with E-state index in [2.05, 4.69) is 5.32 Å². The topological polar surface area (TPSA) is 82.2 Å². The lowest BCUT2D eigenvalue weighted by Gasteiger charge is -2.54. The Labute approximate surface area is 163 Å². The van der Waals surface area contributed by atoms with Crippen LogP contribution >= 0.6 is 0 Å². The number of rotatable bonds is 3. The first-order chi connectivity index (χ1) is 12.8. The number of hydrogen-bond acceptors (Lipinski definition) is 4. The molecule has 1 amide bonds. The van der Waals surface area contributed by atoms with Crippen LogP contribution < -0.4 is 11.1 Å². The van der Waals surface area contributed by atoms with Crippen molar-refractivity contribution in [1.82, 2.24) is 4.90 Å². The molecule has 1 heterocycles. The van der Waals surface area contributed by atoms with Crippen LogP contribution in [0.2, 0.25) is 0 Å². The van der Waals surface area contributed by atoms with Crippen molar-refractivity contribution in [3.05, 3.63) is 41.6 Å². The van der Waals surface area contributed by atoms with Crippen LogP contribution in [0.1, 0.15) is 46.1 Å². The summed E-state index contributed by atoms with van der Waals surface area (Å²) in [5, 5.41) is 11.8. The molecule has 2 rings (SSSR count). The second-order valence-electron chi connectivity index (χ2n) is 8.35. The summed E-state index contributed by atoms with van der Waals surface area (Å²) in [5.74, 6) is -0.761. The largest absolute Gasteiger partial charge is 0.416 e. The normalized spacial score (nSPS) is 19.8.